The summed E-state index contributed by atoms with van der Waals surface area (Å²) >= 11 is 0. The summed E-state index contributed by atoms with van der Waals surface area (Å²) in [6, 6.07) is 0. The zero-order valence-corrected chi connectivity index (χ0v) is 7.34. The monoisotopic (exact) mass is 204 g/mol. The number of hydrogen-bond acceptors (Lipinski definition) is 7. The molecule has 0 rings (SSSR count). The van der Waals surface area contributed by atoms with Crippen LogP contribution in [0.4, 0.5) is 0 Å². The molecule has 0 saturated carbocycles. The maximum absolute atomic E-state index is 8.72. The summed E-state index contributed by atoms with van der Waals surface area (Å²) in [6.07, 6.45) is -0.630. The van der Waals surface area contributed by atoms with Gasteiger partial charge in [-0.3, -0.25) is 0 Å². The summed E-state index contributed by atoms with van der Waals surface area (Å²) in [7, 11) is -3.46. The molecule has 4 N–H and O–H groups in total. The van der Waals surface area contributed by atoms with E-state index in [0.29, 0.717) is 0 Å². The Labute approximate surface area is 69.7 Å². The quantitative estimate of drug-likeness (QED) is 0.290. The minimum absolute atomic E-state index is 0.630. The topological polar surface area (TPSA) is 109 Å². The molecule has 0 aromatic rings. The third-order valence-corrected chi connectivity index (χ3v) is 3.14. The van der Waals surface area contributed by atoms with Crippen molar-refractivity contribution in [3.8, 4) is 0 Å². The molecule has 0 unspecified atom stereocenters. The van der Waals surface area contributed by atoms with E-state index < -0.39 is 34.7 Å². The molecule has 8 heteroatoms. The van der Waals surface area contributed by atoms with Crippen LogP contribution in [0, 0.1) is 0 Å². The first-order valence-electron chi connectivity index (χ1n) is 3.10. The summed E-state index contributed by atoms with van der Waals surface area (Å²) in [5.41, 5.74) is 0. The summed E-state index contributed by atoms with van der Waals surface area (Å²) < 4.78 is 13.6. The molecule has 7 nitrogen and oxygen atoms in total. The van der Waals surface area contributed by atoms with Gasteiger partial charge in [-0.1, -0.05) is 0 Å². The molecule has 0 radical (unpaired) electrons. The zero-order valence-electron chi connectivity index (χ0n) is 6.34. The molecule has 0 aromatic carbocycles. The van der Waals surface area contributed by atoms with Crippen molar-refractivity contribution in [2.75, 3.05) is 26.7 Å². The summed E-state index contributed by atoms with van der Waals surface area (Å²) in [5.74, 6) is 0. The van der Waals surface area contributed by atoms with Gasteiger partial charge in [-0.15, -0.1) is 0 Å². The Hall–Kier alpha value is 0.150. The zero-order chi connectivity index (χ0) is 9.45. The van der Waals surface area contributed by atoms with E-state index in [2.05, 4.69) is 13.6 Å². The van der Waals surface area contributed by atoms with Gasteiger partial charge in [0.2, 0.25) is 0 Å². The average molecular weight is 204 g/mol. The van der Waals surface area contributed by atoms with Gasteiger partial charge in [-0.25, -0.2) is 0 Å². The van der Waals surface area contributed by atoms with E-state index in [1.165, 1.54) is 0 Å². The van der Waals surface area contributed by atoms with Gasteiger partial charge in [0.25, 0.3) is 0 Å². The van der Waals surface area contributed by atoms with Gasteiger partial charge in [-0.2, -0.15) is 0 Å². The minimum atomic E-state index is -3.46. The summed E-state index contributed by atoms with van der Waals surface area (Å²) in [6.45, 7) is -2.15. The maximum atomic E-state index is 8.72. The molecule has 0 aliphatic rings. The van der Waals surface area contributed by atoms with Gasteiger partial charge in [0.1, 0.15) is 0 Å². The van der Waals surface area contributed by atoms with Crippen LogP contribution in [0.2, 0.25) is 0 Å². The molecule has 0 heterocycles. The first-order chi connectivity index (χ1) is 5.74. The Morgan fingerprint density at radius 2 is 1.08 bits per heavy atom. The van der Waals surface area contributed by atoms with E-state index in [1.54, 1.807) is 0 Å². The first-order valence-corrected chi connectivity index (χ1v) is 5.03. The van der Waals surface area contributed by atoms with Crippen LogP contribution in [-0.2, 0) is 13.6 Å². The van der Waals surface area contributed by atoms with Gasteiger partial charge in [0.05, 0.1) is 0 Å². The third kappa shape index (κ3) is 3.70. The molecule has 76 valence electrons. The summed E-state index contributed by atoms with van der Waals surface area (Å²) in [4.78, 5) is 0. The van der Waals surface area contributed by atoms with Gasteiger partial charge < -0.3 is 0 Å². The van der Waals surface area contributed by atoms with Crippen molar-refractivity contribution in [2.24, 2.45) is 0 Å². The molecule has 0 atom stereocenters. The Balaban J connectivity index is 4.06. The fraction of sp³-hybridized carbons (Fsp3) is 1.00. The van der Waals surface area contributed by atoms with Crippen molar-refractivity contribution in [1.82, 2.24) is 0 Å². The van der Waals surface area contributed by atoms with Gasteiger partial charge in [0, 0.05) is 0 Å². The van der Waals surface area contributed by atoms with Crippen LogP contribution in [-0.4, -0.2) is 47.2 Å². The van der Waals surface area contributed by atoms with Crippen molar-refractivity contribution >= 4 is 7.94 Å². The van der Waals surface area contributed by atoms with E-state index in [-0.39, 0.29) is 0 Å². The predicted octanol–water partition coefficient (Wildman–Crippen LogP) is -1.67. The third-order valence-electron chi connectivity index (χ3n) is 1.05. The van der Waals surface area contributed by atoms with Gasteiger partial charge >= 0.3 is 68.7 Å². The number of aliphatic hydroxyl groups excluding tert-OH is 4. The van der Waals surface area contributed by atoms with Crippen LogP contribution in [0.15, 0.2) is 0 Å². The van der Waals surface area contributed by atoms with E-state index in [9.17, 15) is 0 Å². The predicted molar refractivity (Wildman–Crippen MR) is 39.9 cm³/mol. The van der Waals surface area contributed by atoms with Crippen molar-refractivity contribution in [2.45, 2.75) is 0 Å². The second-order valence-electron chi connectivity index (χ2n) is 1.66. The molecular weight excluding hydrogens is 191 g/mol. The molecule has 12 heavy (non-hydrogen) atoms. The fourth-order valence-electron chi connectivity index (χ4n) is 0.557. The van der Waals surface area contributed by atoms with Crippen LogP contribution in [0.25, 0.3) is 0 Å². The van der Waals surface area contributed by atoms with Gasteiger partial charge in [0.15, 0.2) is 0 Å². The Kier molecular flexibility index (Phi) is 6.73. The number of aliphatic hydroxyl groups is 4. The first kappa shape index (κ1) is 12.2. The van der Waals surface area contributed by atoms with Crippen LogP contribution in [0.3, 0.4) is 0 Å². The van der Waals surface area contributed by atoms with Crippen molar-refractivity contribution in [3.63, 3.8) is 0 Å². The van der Waals surface area contributed by atoms with E-state index in [4.69, 9.17) is 20.4 Å². The molecular formula is C4H13O7P. The van der Waals surface area contributed by atoms with Crippen LogP contribution in [0.5, 0.6) is 0 Å². The second kappa shape index (κ2) is 6.64. The standard InChI is InChI=1S/C4H13O7P/c5-1-9-12(4-8,10-2-6)11-3-7/h5-8,12H,1-4H2. The Bertz CT molecular complexity index is 92.6. The molecule has 0 aromatic heterocycles. The van der Waals surface area contributed by atoms with Crippen molar-refractivity contribution < 1.29 is 34.0 Å². The molecule has 0 saturated heterocycles. The van der Waals surface area contributed by atoms with Crippen LogP contribution in [0.1, 0.15) is 0 Å². The SMILES string of the molecule is OCO[PH](CO)(OCO)OCO. The van der Waals surface area contributed by atoms with E-state index in [1.807, 2.05) is 0 Å². The van der Waals surface area contributed by atoms with Crippen LogP contribution >= 0.6 is 7.94 Å². The number of rotatable bonds is 7. The van der Waals surface area contributed by atoms with Gasteiger partial charge in [-0.05, 0) is 0 Å². The second-order valence-corrected chi connectivity index (χ2v) is 4.21. The Morgan fingerprint density at radius 1 is 0.750 bits per heavy atom. The molecule has 0 fully saturated rings. The van der Waals surface area contributed by atoms with Crippen LogP contribution < -0.4 is 0 Å². The normalized spacial score (nSPS) is 13.3. The van der Waals surface area contributed by atoms with Crippen molar-refractivity contribution in [3.05, 3.63) is 0 Å². The molecule has 0 amide bonds. The molecule has 0 aliphatic carbocycles. The van der Waals surface area contributed by atoms with Crippen molar-refractivity contribution in [1.29, 1.82) is 0 Å². The summed E-state index contributed by atoms with van der Waals surface area (Å²) in [5, 5.41) is 33.8. The molecule has 0 aliphatic heterocycles. The van der Waals surface area contributed by atoms with E-state index >= 15 is 0 Å². The number of hydrogen-bond donors (Lipinski definition) is 4. The van der Waals surface area contributed by atoms with E-state index in [0.717, 1.165) is 0 Å². The molecule has 0 spiro atoms. The Morgan fingerprint density at radius 3 is 1.25 bits per heavy atom. The average Bonchev–Trinajstić information content (AvgIpc) is 2.06. The fourth-order valence-corrected chi connectivity index (χ4v) is 1.67. The molecule has 0 bridgehead atoms.